The topological polar surface area (TPSA) is 64.1 Å². The van der Waals surface area contributed by atoms with Crippen molar-refractivity contribution in [2.24, 2.45) is 0 Å². The third-order valence-electron chi connectivity index (χ3n) is 2.56. The molecule has 0 atom stereocenters. The summed E-state index contributed by atoms with van der Waals surface area (Å²) in [5, 5.41) is 10.7. The van der Waals surface area contributed by atoms with Gasteiger partial charge in [0, 0.05) is 17.7 Å². The van der Waals surface area contributed by atoms with Gasteiger partial charge < -0.3 is 0 Å². The van der Waals surface area contributed by atoms with Crippen LogP contribution < -0.4 is 4.57 Å². The molecule has 8 heteroatoms. The van der Waals surface area contributed by atoms with Gasteiger partial charge in [0.1, 0.15) is 0 Å². The molecular formula is C13H10Br3N2O3+. The van der Waals surface area contributed by atoms with E-state index in [-0.39, 0.29) is 35.0 Å². The molecule has 1 aromatic carbocycles. The second-order valence-electron chi connectivity index (χ2n) is 4.08. The molecule has 0 bridgehead atoms. The van der Waals surface area contributed by atoms with Crippen LogP contribution in [0.15, 0.2) is 51.7 Å². The van der Waals surface area contributed by atoms with Crippen LogP contribution in [0.3, 0.4) is 0 Å². The maximum Gasteiger partial charge on any atom is 0.270 e. The number of halogens is 3. The molecule has 0 aliphatic rings. The Labute approximate surface area is 148 Å². The number of rotatable bonds is 4. The van der Waals surface area contributed by atoms with Gasteiger partial charge in [0.2, 0.25) is 12.3 Å². The summed E-state index contributed by atoms with van der Waals surface area (Å²) in [5.41, 5.74) is 0.235. The summed E-state index contributed by atoms with van der Waals surface area (Å²) in [7, 11) is 0. The molecule has 5 nitrogen and oxygen atoms in total. The fourth-order valence-electron chi connectivity index (χ4n) is 1.70. The van der Waals surface area contributed by atoms with E-state index < -0.39 is 4.92 Å². The molecule has 0 aliphatic heterocycles. The first-order valence-corrected chi connectivity index (χ1v) is 7.17. The lowest BCUT2D eigenvalue weighted by molar-refractivity contribution is -0.684. The molecule has 21 heavy (non-hydrogen) atoms. The third kappa shape index (κ3) is 4.98. The molecule has 2 rings (SSSR count). The highest BCUT2D eigenvalue weighted by atomic mass is 79.9. The Morgan fingerprint density at radius 1 is 1.19 bits per heavy atom. The van der Waals surface area contributed by atoms with Crippen molar-refractivity contribution in [2.45, 2.75) is 6.54 Å². The average molecular weight is 482 g/mol. The summed E-state index contributed by atoms with van der Waals surface area (Å²) in [4.78, 5) is 22.3. The maximum absolute atomic E-state index is 12.1. The highest BCUT2D eigenvalue weighted by Crippen LogP contribution is 2.15. The van der Waals surface area contributed by atoms with Crippen molar-refractivity contribution >= 4 is 60.3 Å². The van der Waals surface area contributed by atoms with E-state index >= 15 is 0 Å². The predicted molar refractivity (Wildman–Crippen MR) is 89.8 cm³/mol. The number of carbonyl (C=O) groups is 1. The monoisotopic (exact) mass is 479 g/mol. The molecule has 0 unspecified atom stereocenters. The lowest BCUT2D eigenvalue weighted by atomic mass is 10.1. The van der Waals surface area contributed by atoms with Crippen molar-refractivity contribution in [3.63, 3.8) is 0 Å². The minimum absolute atomic E-state index is 0. The number of carbonyl (C=O) groups excluding carboxylic acids is 1. The highest BCUT2D eigenvalue weighted by Gasteiger charge is 2.16. The van der Waals surface area contributed by atoms with Crippen LogP contribution in [-0.4, -0.2) is 10.7 Å². The van der Waals surface area contributed by atoms with Crippen LogP contribution in [0.2, 0.25) is 0 Å². The Morgan fingerprint density at radius 3 is 2.38 bits per heavy atom. The number of benzene rings is 1. The molecule has 0 spiro atoms. The minimum atomic E-state index is -0.514. The van der Waals surface area contributed by atoms with E-state index in [4.69, 9.17) is 0 Å². The van der Waals surface area contributed by atoms with Crippen LogP contribution in [0.5, 0.6) is 0 Å². The number of nitro benzene ring substituents is 1. The first kappa shape index (κ1) is 17.9. The van der Waals surface area contributed by atoms with Gasteiger partial charge in [0.25, 0.3) is 5.69 Å². The number of aromatic nitrogens is 1. The molecule has 0 fully saturated rings. The van der Waals surface area contributed by atoms with E-state index in [2.05, 4.69) is 31.9 Å². The number of nitrogens with zero attached hydrogens (tertiary/aromatic N) is 2. The number of ketones is 1. The fourth-order valence-corrected chi connectivity index (χ4v) is 3.03. The molecule has 110 valence electrons. The number of hydrogen-bond acceptors (Lipinski definition) is 3. The van der Waals surface area contributed by atoms with Crippen LogP contribution in [-0.2, 0) is 6.54 Å². The molecule has 0 amide bonds. The lowest BCUT2D eigenvalue weighted by Crippen LogP contribution is -2.37. The Morgan fingerprint density at radius 2 is 1.81 bits per heavy atom. The Hall–Kier alpha value is -1.12. The van der Waals surface area contributed by atoms with E-state index in [1.807, 2.05) is 6.07 Å². The predicted octanol–water partition coefficient (Wildman–Crippen LogP) is 3.87. The van der Waals surface area contributed by atoms with Gasteiger partial charge in [-0.05, 0) is 37.9 Å². The van der Waals surface area contributed by atoms with Gasteiger partial charge in [-0.15, -0.1) is 17.0 Å². The van der Waals surface area contributed by atoms with Crippen LogP contribution in [0.25, 0.3) is 0 Å². The van der Waals surface area contributed by atoms with Crippen LogP contribution in [0.4, 0.5) is 5.69 Å². The van der Waals surface area contributed by atoms with E-state index in [0.29, 0.717) is 5.56 Å². The number of non-ortho nitro benzene ring substituents is 1. The molecule has 2 aromatic rings. The number of pyridine rings is 1. The molecule has 0 saturated carbocycles. The summed E-state index contributed by atoms with van der Waals surface area (Å²) < 4.78 is 3.37. The lowest BCUT2D eigenvalue weighted by Gasteiger charge is -2.00. The Bertz CT molecular complexity index is 672. The van der Waals surface area contributed by atoms with E-state index in [1.165, 1.54) is 18.2 Å². The second kappa shape index (κ2) is 7.77. The van der Waals surface area contributed by atoms with Crippen molar-refractivity contribution in [3.8, 4) is 0 Å². The summed E-state index contributed by atoms with van der Waals surface area (Å²) in [6, 6.07) is 7.58. The molecule has 0 N–H and O–H groups in total. The van der Waals surface area contributed by atoms with Crippen LogP contribution >= 0.6 is 48.8 Å². The standard InChI is InChI=1S/C13H9Br2N2O3.BrH/c14-10-5-11(15)7-16(6-10)8-13(18)9-2-1-3-12(4-9)17(19)20;/h1-7H,8H2;1H/q+1;. The van der Waals surface area contributed by atoms with E-state index in [9.17, 15) is 14.9 Å². The first-order valence-electron chi connectivity index (χ1n) is 5.58. The van der Waals surface area contributed by atoms with Crippen molar-refractivity contribution in [1.29, 1.82) is 0 Å². The molecule has 0 aliphatic carbocycles. The molecular weight excluding hydrogens is 472 g/mol. The largest absolute Gasteiger partial charge is 0.287 e. The van der Waals surface area contributed by atoms with Gasteiger partial charge in [-0.2, -0.15) is 4.57 Å². The van der Waals surface area contributed by atoms with Crippen molar-refractivity contribution < 1.29 is 14.3 Å². The summed E-state index contributed by atoms with van der Waals surface area (Å²) in [6.07, 6.45) is 3.53. The Kier molecular flexibility index (Phi) is 6.63. The summed E-state index contributed by atoms with van der Waals surface area (Å²) in [5.74, 6) is -0.191. The van der Waals surface area contributed by atoms with E-state index in [0.717, 1.165) is 8.95 Å². The smallest absolute Gasteiger partial charge is 0.270 e. The third-order valence-corrected chi connectivity index (χ3v) is 3.43. The van der Waals surface area contributed by atoms with Gasteiger partial charge in [0.15, 0.2) is 12.4 Å². The highest BCUT2D eigenvalue weighted by molar-refractivity contribution is 9.11. The fraction of sp³-hybridized carbons (Fsp3) is 0.0769. The van der Waals surface area contributed by atoms with Crippen LogP contribution in [0, 0.1) is 10.1 Å². The first-order chi connectivity index (χ1) is 9.45. The Balaban J connectivity index is 0.00000220. The van der Waals surface area contributed by atoms with E-state index in [1.54, 1.807) is 23.0 Å². The zero-order valence-electron chi connectivity index (χ0n) is 10.5. The normalized spacial score (nSPS) is 9.81. The number of hydrogen-bond donors (Lipinski definition) is 0. The SMILES string of the molecule is Br.O=C(C[n+]1cc(Br)cc(Br)c1)c1cccc([N+](=O)[O-])c1. The van der Waals surface area contributed by atoms with Crippen molar-refractivity contribution in [2.75, 3.05) is 0 Å². The van der Waals surface area contributed by atoms with Crippen molar-refractivity contribution in [3.05, 3.63) is 67.3 Å². The number of Topliss-reactive ketones (excluding diaryl/α,β-unsaturated/α-hetero) is 1. The molecule has 1 aromatic heterocycles. The average Bonchev–Trinajstić information content (AvgIpc) is 2.37. The molecule has 0 saturated heterocycles. The molecule has 0 radical (unpaired) electrons. The second-order valence-corrected chi connectivity index (χ2v) is 5.91. The summed E-state index contributed by atoms with van der Waals surface area (Å²) >= 11 is 6.68. The minimum Gasteiger partial charge on any atom is -0.287 e. The van der Waals surface area contributed by atoms with Crippen molar-refractivity contribution in [1.82, 2.24) is 0 Å². The van der Waals surface area contributed by atoms with Gasteiger partial charge in [0.05, 0.1) is 13.9 Å². The zero-order valence-corrected chi connectivity index (χ0v) is 15.4. The van der Waals surface area contributed by atoms with Crippen LogP contribution in [0.1, 0.15) is 10.4 Å². The quantitative estimate of drug-likeness (QED) is 0.288. The number of nitro groups is 1. The zero-order chi connectivity index (χ0) is 14.7. The summed E-state index contributed by atoms with van der Waals surface area (Å²) in [6.45, 7) is 0.110. The maximum atomic E-state index is 12.1. The molecule has 1 heterocycles. The van der Waals surface area contributed by atoms with Gasteiger partial charge >= 0.3 is 0 Å². The van der Waals surface area contributed by atoms with Gasteiger partial charge in [-0.25, -0.2) is 0 Å². The van der Waals surface area contributed by atoms with Gasteiger partial charge in [-0.1, -0.05) is 12.1 Å². The van der Waals surface area contributed by atoms with Gasteiger partial charge in [-0.3, -0.25) is 14.9 Å².